The largest absolute Gasteiger partial charge is 0.491 e. The highest BCUT2D eigenvalue weighted by Crippen LogP contribution is 2.31. The molecule has 25 heavy (non-hydrogen) atoms. The van der Waals surface area contributed by atoms with Gasteiger partial charge >= 0.3 is 12.1 Å². The summed E-state index contributed by atoms with van der Waals surface area (Å²) < 4.78 is 5.60. The molecule has 0 aromatic heterocycles. The van der Waals surface area contributed by atoms with Gasteiger partial charge in [-0.2, -0.15) is 0 Å². The molecule has 1 aromatic carbocycles. The van der Waals surface area contributed by atoms with E-state index >= 15 is 0 Å². The van der Waals surface area contributed by atoms with E-state index in [0.717, 1.165) is 24.3 Å². The Labute approximate surface area is 148 Å². The Morgan fingerprint density at radius 3 is 2.40 bits per heavy atom. The first-order valence-electron chi connectivity index (χ1n) is 8.74. The van der Waals surface area contributed by atoms with Gasteiger partial charge in [0.25, 0.3) is 0 Å². The van der Waals surface area contributed by atoms with Gasteiger partial charge in [0, 0.05) is 32.4 Å². The molecule has 1 spiro atoms. The highest BCUT2D eigenvalue weighted by molar-refractivity contribution is 5.89. The van der Waals surface area contributed by atoms with Crippen LogP contribution in [0.5, 0.6) is 5.75 Å². The van der Waals surface area contributed by atoms with E-state index in [1.165, 1.54) is 0 Å². The number of carbonyl (C=O) groups excluding carboxylic acids is 2. The number of likely N-dealkylation sites (tertiary alicyclic amines) is 1. The number of ether oxygens (including phenoxy) is 1. The lowest BCUT2D eigenvalue weighted by Gasteiger charge is -2.42. The number of nitrogens with zero attached hydrogens (tertiary/aromatic N) is 2. The molecule has 7 heteroatoms. The number of nitrogens with one attached hydrogen (secondary N) is 2. The molecule has 0 radical (unpaired) electrons. The maximum absolute atomic E-state index is 12.5. The first-order chi connectivity index (χ1) is 11.9. The summed E-state index contributed by atoms with van der Waals surface area (Å²) in [4.78, 5) is 27.8. The molecule has 2 aliphatic heterocycles. The summed E-state index contributed by atoms with van der Waals surface area (Å²) in [5.74, 6) is 0.786. The second-order valence-electron chi connectivity index (χ2n) is 7.05. The van der Waals surface area contributed by atoms with Crippen LogP contribution in [0, 0.1) is 0 Å². The highest BCUT2D eigenvalue weighted by Gasteiger charge is 2.45. The maximum Gasteiger partial charge on any atom is 0.321 e. The first kappa shape index (κ1) is 17.4. The minimum absolute atomic E-state index is 0.0263. The fraction of sp³-hybridized carbons (Fsp3) is 0.556. The highest BCUT2D eigenvalue weighted by atomic mass is 16.5. The number of hydrogen-bond acceptors (Lipinski definition) is 3. The number of carbonyl (C=O) groups is 2. The molecule has 7 nitrogen and oxygen atoms in total. The maximum atomic E-state index is 12.5. The molecule has 2 heterocycles. The zero-order chi connectivity index (χ0) is 18.0. The Morgan fingerprint density at radius 1 is 1.24 bits per heavy atom. The molecule has 2 fully saturated rings. The van der Waals surface area contributed by atoms with Crippen LogP contribution in [0.3, 0.4) is 0 Å². The van der Waals surface area contributed by atoms with Gasteiger partial charge in [-0.15, -0.1) is 0 Å². The van der Waals surface area contributed by atoms with E-state index in [0.29, 0.717) is 19.6 Å². The molecule has 3 rings (SSSR count). The number of piperidine rings is 1. The van der Waals surface area contributed by atoms with Crippen molar-refractivity contribution in [2.45, 2.75) is 38.3 Å². The van der Waals surface area contributed by atoms with Crippen molar-refractivity contribution in [1.82, 2.24) is 15.1 Å². The van der Waals surface area contributed by atoms with Crippen LogP contribution in [0.2, 0.25) is 0 Å². The van der Waals surface area contributed by atoms with Crippen LogP contribution < -0.4 is 15.4 Å². The van der Waals surface area contributed by atoms with E-state index in [1.807, 2.05) is 45.2 Å². The fourth-order valence-corrected chi connectivity index (χ4v) is 3.42. The molecule has 2 saturated heterocycles. The molecule has 136 valence electrons. The van der Waals surface area contributed by atoms with Gasteiger partial charge in [-0.1, -0.05) is 0 Å². The van der Waals surface area contributed by atoms with Gasteiger partial charge in [-0.25, -0.2) is 9.59 Å². The van der Waals surface area contributed by atoms with Gasteiger partial charge in [0.2, 0.25) is 0 Å². The molecule has 0 unspecified atom stereocenters. The lowest BCUT2D eigenvalue weighted by Crippen LogP contribution is -2.54. The predicted octanol–water partition coefficient (Wildman–Crippen LogP) is 2.50. The molecule has 0 atom stereocenters. The fourth-order valence-electron chi connectivity index (χ4n) is 3.42. The molecule has 1 aromatic rings. The Kier molecular flexibility index (Phi) is 4.74. The predicted molar refractivity (Wildman–Crippen MR) is 95.9 cm³/mol. The summed E-state index contributed by atoms with van der Waals surface area (Å²) in [6, 6.07) is 7.26. The van der Waals surface area contributed by atoms with Gasteiger partial charge in [-0.05, 0) is 51.0 Å². The van der Waals surface area contributed by atoms with Crippen LogP contribution in [-0.4, -0.2) is 60.2 Å². The normalized spacial score (nSPS) is 19.3. The van der Waals surface area contributed by atoms with Gasteiger partial charge < -0.3 is 25.2 Å². The van der Waals surface area contributed by atoms with E-state index < -0.39 is 0 Å². The smallest absolute Gasteiger partial charge is 0.321 e. The van der Waals surface area contributed by atoms with Crippen LogP contribution in [0.25, 0.3) is 0 Å². The van der Waals surface area contributed by atoms with Gasteiger partial charge in [0.05, 0.1) is 11.6 Å². The van der Waals surface area contributed by atoms with E-state index in [2.05, 4.69) is 10.6 Å². The van der Waals surface area contributed by atoms with Crippen molar-refractivity contribution >= 4 is 17.7 Å². The van der Waals surface area contributed by atoms with Crippen LogP contribution >= 0.6 is 0 Å². The summed E-state index contributed by atoms with van der Waals surface area (Å²) in [5.41, 5.74) is 0.597. The molecule has 4 amide bonds. The zero-order valence-electron chi connectivity index (χ0n) is 15.0. The number of likely N-dealkylation sites (N-methyl/N-ethyl adjacent to an activating group) is 1. The van der Waals surface area contributed by atoms with E-state index in [9.17, 15) is 9.59 Å². The molecule has 0 bridgehead atoms. The molecular weight excluding hydrogens is 320 g/mol. The summed E-state index contributed by atoms with van der Waals surface area (Å²) in [5, 5.41) is 5.81. The Hall–Kier alpha value is -2.44. The molecule has 2 aliphatic rings. The third kappa shape index (κ3) is 3.65. The van der Waals surface area contributed by atoms with E-state index in [4.69, 9.17) is 4.74 Å². The van der Waals surface area contributed by atoms with Gasteiger partial charge in [0.15, 0.2) is 0 Å². The third-order valence-corrected chi connectivity index (χ3v) is 5.04. The Balaban J connectivity index is 1.54. The Morgan fingerprint density at radius 2 is 1.88 bits per heavy atom. The van der Waals surface area contributed by atoms with Crippen molar-refractivity contribution in [1.29, 1.82) is 0 Å². The molecule has 0 saturated carbocycles. The summed E-state index contributed by atoms with van der Waals surface area (Å²) in [6.45, 7) is 5.89. The van der Waals surface area contributed by atoms with Crippen molar-refractivity contribution in [2.75, 3.05) is 32.0 Å². The number of anilines is 1. The van der Waals surface area contributed by atoms with Crippen LogP contribution in [-0.2, 0) is 0 Å². The second-order valence-corrected chi connectivity index (χ2v) is 7.05. The molecular formula is C18H26N4O3. The Bertz CT molecular complexity index is 636. The van der Waals surface area contributed by atoms with Crippen LogP contribution in [0.4, 0.5) is 15.3 Å². The molecule has 0 aliphatic carbocycles. The summed E-state index contributed by atoms with van der Waals surface area (Å²) in [6.07, 6.45) is 1.70. The summed E-state index contributed by atoms with van der Waals surface area (Å²) in [7, 11) is 1.83. The lowest BCUT2D eigenvalue weighted by molar-refractivity contribution is 0.106. The van der Waals surface area contributed by atoms with E-state index in [-0.39, 0.29) is 23.7 Å². The number of benzene rings is 1. The van der Waals surface area contributed by atoms with Crippen molar-refractivity contribution in [3.8, 4) is 5.75 Å². The van der Waals surface area contributed by atoms with Gasteiger partial charge in [-0.3, -0.25) is 0 Å². The van der Waals surface area contributed by atoms with Gasteiger partial charge in [0.1, 0.15) is 5.75 Å². The monoisotopic (exact) mass is 346 g/mol. The number of urea groups is 2. The standard InChI is InChI=1S/C18H26N4O3/c1-13(2)25-15-6-4-14(5-7-15)20-17(24)22-10-8-18(9-11-22)12-19-16(23)21(18)3/h4-7,13H,8-12H2,1-3H3,(H,19,23)(H,20,24). The zero-order valence-corrected chi connectivity index (χ0v) is 15.0. The number of rotatable bonds is 3. The lowest BCUT2D eigenvalue weighted by atomic mass is 9.87. The number of hydrogen-bond donors (Lipinski definition) is 2. The van der Waals surface area contributed by atoms with Crippen molar-refractivity contribution in [2.24, 2.45) is 0 Å². The topological polar surface area (TPSA) is 73.9 Å². The van der Waals surface area contributed by atoms with Crippen molar-refractivity contribution in [3.05, 3.63) is 24.3 Å². The second kappa shape index (κ2) is 6.82. The summed E-state index contributed by atoms with van der Waals surface area (Å²) >= 11 is 0. The number of amides is 4. The average molecular weight is 346 g/mol. The van der Waals surface area contributed by atoms with Crippen molar-refractivity contribution < 1.29 is 14.3 Å². The average Bonchev–Trinajstić information content (AvgIpc) is 2.86. The van der Waals surface area contributed by atoms with Crippen LogP contribution in [0.15, 0.2) is 24.3 Å². The minimum Gasteiger partial charge on any atom is -0.491 e. The quantitative estimate of drug-likeness (QED) is 0.883. The minimum atomic E-state index is -0.149. The van der Waals surface area contributed by atoms with Crippen LogP contribution in [0.1, 0.15) is 26.7 Å². The van der Waals surface area contributed by atoms with E-state index in [1.54, 1.807) is 9.80 Å². The third-order valence-electron chi connectivity index (χ3n) is 5.04. The SMILES string of the molecule is CC(C)Oc1ccc(NC(=O)N2CCC3(CC2)CNC(=O)N3C)cc1. The molecule has 2 N–H and O–H groups in total. The first-order valence-corrected chi connectivity index (χ1v) is 8.74. The van der Waals surface area contributed by atoms with Crippen molar-refractivity contribution in [3.63, 3.8) is 0 Å².